The highest BCUT2D eigenvalue weighted by Gasteiger charge is 2.19. The quantitative estimate of drug-likeness (QED) is 0.338. The van der Waals surface area contributed by atoms with Crippen LogP contribution >= 0.6 is 0 Å². The minimum atomic E-state index is -3.94. The van der Waals surface area contributed by atoms with Crippen molar-refractivity contribution in [3.8, 4) is 0 Å². The summed E-state index contributed by atoms with van der Waals surface area (Å²) in [6.45, 7) is 9.46. The second-order valence-electron chi connectivity index (χ2n) is 4.54. The first kappa shape index (κ1) is 17.1. The first-order valence-corrected chi connectivity index (χ1v) is 7.38. The lowest BCUT2D eigenvalue weighted by atomic mass is 10.1. The molecule has 0 aromatic heterocycles. The Morgan fingerprint density at radius 2 is 1.94 bits per heavy atom. The van der Waals surface area contributed by atoms with Crippen LogP contribution in [-0.2, 0) is 14.9 Å². The van der Waals surface area contributed by atoms with Crippen molar-refractivity contribution in [2.45, 2.75) is 39.3 Å². The molecule has 18 heavy (non-hydrogen) atoms. The third kappa shape index (κ3) is 8.21. The Labute approximate surface area is 109 Å². The van der Waals surface area contributed by atoms with E-state index in [0.29, 0.717) is 12.1 Å². The maximum absolute atomic E-state index is 11.8. The molecular weight excluding hydrogens is 256 g/mol. The molecule has 0 aliphatic rings. The number of nitrogens with one attached hydrogen (secondary N) is 2. The first-order chi connectivity index (χ1) is 8.13. The van der Waals surface area contributed by atoms with Crippen molar-refractivity contribution in [1.82, 2.24) is 10.6 Å². The Hall–Kier alpha value is -0.920. The van der Waals surface area contributed by atoms with Gasteiger partial charge < -0.3 is 10.6 Å². The van der Waals surface area contributed by atoms with Crippen LogP contribution in [0.3, 0.4) is 0 Å². The van der Waals surface area contributed by atoms with E-state index in [1.54, 1.807) is 6.92 Å². The zero-order chi connectivity index (χ0) is 14.3. The van der Waals surface area contributed by atoms with Crippen molar-refractivity contribution in [3.05, 3.63) is 12.2 Å². The van der Waals surface area contributed by atoms with Crippen molar-refractivity contribution < 1.29 is 17.8 Å². The molecule has 3 N–H and O–H groups in total. The fourth-order valence-corrected chi connectivity index (χ4v) is 1.87. The van der Waals surface area contributed by atoms with E-state index in [1.165, 1.54) is 0 Å². The van der Waals surface area contributed by atoms with Gasteiger partial charge in [0.05, 0.1) is 5.75 Å². The summed E-state index contributed by atoms with van der Waals surface area (Å²) in [6.07, 6.45) is 0.234. The third-order valence-electron chi connectivity index (χ3n) is 2.11. The van der Waals surface area contributed by atoms with Crippen LogP contribution in [0.5, 0.6) is 0 Å². The van der Waals surface area contributed by atoms with E-state index < -0.39 is 16.2 Å². The van der Waals surface area contributed by atoms with E-state index in [-0.39, 0.29) is 24.1 Å². The van der Waals surface area contributed by atoms with Crippen molar-refractivity contribution in [2.24, 2.45) is 0 Å². The van der Waals surface area contributed by atoms with Crippen LogP contribution in [0.25, 0.3) is 0 Å². The molecule has 0 saturated carbocycles. The SMILES string of the molecule is C=C(C)[C@H](NCCCS(=O)(=O)O)C(=O)NC(C)C. The van der Waals surface area contributed by atoms with Crippen molar-refractivity contribution in [1.29, 1.82) is 0 Å². The Morgan fingerprint density at radius 1 is 1.39 bits per heavy atom. The maximum atomic E-state index is 11.8. The van der Waals surface area contributed by atoms with Gasteiger partial charge >= 0.3 is 0 Å². The highest BCUT2D eigenvalue weighted by atomic mass is 32.2. The molecule has 0 aromatic carbocycles. The minimum absolute atomic E-state index is 0.0268. The normalized spacial score (nSPS) is 13.4. The average molecular weight is 278 g/mol. The largest absolute Gasteiger partial charge is 0.352 e. The van der Waals surface area contributed by atoms with Gasteiger partial charge in [-0.3, -0.25) is 9.35 Å². The number of carbonyl (C=O) groups excluding carboxylic acids is 1. The molecule has 6 nitrogen and oxygen atoms in total. The highest BCUT2D eigenvalue weighted by molar-refractivity contribution is 7.85. The predicted octanol–water partition coefficient (Wildman–Crippen LogP) is 0.323. The summed E-state index contributed by atoms with van der Waals surface area (Å²) in [5.74, 6) is -0.515. The smallest absolute Gasteiger partial charge is 0.264 e. The van der Waals surface area contributed by atoms with Gasteiger partial charge in [0.2, 0.25) is 5.91 Å². The number of rotatable bonds is 8. The fourth-order valence-electron chi connectivity index (χ4n) is 1.36. The molecule has 7 heteroatoms. The third-order valence-corrected chi connectivity index (χ3v) is 2.92. The second-order valence-corrected chi connectivity index (χ2v) is 6.11. The molecule has 0 radical (unpaired) electrons. The fraction of sp³-hybridized carbons (Fsp3) is 0.727. The number of carbonyl (C=O) groups is 1. The van der Waals surface area contributed by atoms with Gasteiger partial charge in [-0.1, -0.05) is 12.2 Å². The van der Waals surface area contributed by atoms with Gasteiger partial charge in [-0.15, -0.1) is 0 Å². The lowest BCUT2D eigenvalue weighted by Crippen LogP contribution is -2.47. The topological polar surface area (TPSA) is 95.5 Å². The van der Waals surface area contributed by atoms with E-state index in [4.69, 9.17) is 4.55 Å². The summed E-state index contributed by atoms with van der Waals surface area (Å²) in [4.78, 5) is 11.8. The molecule has 1 atom stereocenters. The molecular formula is C11H22N2O4S. The van der Waals surface area contributed by atoms with E-state index in [9.17, 15) is 13.2 Å². The lowest BCUT2D eigenvalue weighted by molar-refractivity contribution is -0.122. The summed E-state index contributed by atoms with van der Waals surface area (Å²) in [7, 11) is -3.94. The molecule has 0 bridgehead atoms. The molecule has 0 aliphatic heterocycles. The van der Waals surface area contributed by atoms with Crippen molar-refractivity contribution >= 4 is 16.0 Å². The van der Waals surface area contributed by atoms with Crippen LogP contribution in [-0.4, -0.2) is 43.3 Å². The highest BCUT2D eigenvalue weighted by Crippen LogP contribution is 2.00. The van der Waals surface area contributed by atoms with Crippen LogP contribution in [0, 0.1) is 0 Å². The molecule has 0 spiro atoms. The molecule has 0 rings (SSSR count). The summed E-state index contributed by atoms with van der Waals surface area (Å²) < 4.78 is 29.6. The number of amides is 1. The average Bonchev–Trinajstić information content (AvgIpc) is 2.13. The van der Waals surface area contributed by atoms with E-state index >= 15 is 0 Å². The van der Waals surface area contributed by atoms with Crippen LogP contribution in [0.2, 0.25) is 0 Å². The number of hydrogen-bond acceptors (Lipinski definition) is 4. The molecule has 0 aliphatic carbocycles. The van der Waals surface area contributed by atoms with Gasteiger partial charge in [-0.25, -0.2) is 0 Å². The van der Waals surface area contributed by atoms with E-state index in [0.717, 1.165) is 0 Å². The standard InChI is InChI=1S/C11H22N2O4S/c1-8(2)10(11(14)13-9(3)4)12-6-5-7-18(15,16)17/h9-10,12H,1,5-7H2,2-4H3,(H,13,14)(H,15,16,17)/t10-/m0/s1. The van der Waals surface area contributed by atoms with Gasteiger partial charge in [-0.05, 0) is 33.7 Å². The first-order valence-electron chi connectivity index (χ1n) is 5.78. The Bertz CT molecular complexity index is 390. The van der Waals surface area contributed by atoms with Crippen molar-refractivity contribution in [2.75, 3.05) is 12.3 Å². The molecule has 0 unspecified atom stereocenters. The Morgan fingerprint density at radius 3 is 2.33 bits per heavy atom. The summed E-state index contributed by atoms with van der Waals surface area (Å²) >= 11 is 0. The Balaban J connectivity index is 4.22. The molecule has 0 saturated heterocycles. The summed E-state index contributed by atoms with van der Waals surface area (Å²) in [5.41, 5.74) is 0.653. The van der Waals surface area contributed by atoms with Crippen molar-refractivity contribution in [3.63, 3.8) is 0 Å². The zero-order valence-corrected chi connectivity index (χ0v) is 11.9. The molecule has 106 valence electrons. The molecule has 0 fully saturated rings. The summed E-state index contributed by atoms with van der Waals surface area (Å²) in [6, 6.07) is -0.521. The maximum Gasteiger partial charge on any atom is 0.264 e. The van der Waals surface area contributed by atoms with Gasteiger partial charge in [0.1, 0.15) is 6.04 Å². The van der Waals surface area contributed by atoms with Crippen LogP contribution in [0.1, 0.15) is 27.2 Å². The van der Waals surface area contributed by atoms with Crippen LogP contribution < -0.4 is 10.6 Å². The molecule has 1 amide bonds. The monoisotopic (exact) mass is 278 g/mol. The Kier molecular flexibility index (Phi) is 7.12. The minimum Gasteiger partial charge on any atom is -0.352 e. The lowest BCUT2D eigenvalue weighted by Gasteiger charge is -2.19. The van der Waals surface area contributed by atoms with Crippen LogP contribution in [0.15, 0.2) is 12.2 Å². The van der Waals surface area contributed by atoms with Gasteiger partial charge in [0.15, 0.2) is 0 Å². The van der Waals surface area contributed by atoms with E-state index in [2.05, 4.69) is 17.2 Å². The molecule has 0 aromatic rings. The second kappa shape index (κ2) is 7.50. The van der Waals surface area contributed by atoms with E-state index in [1.807, 2.05) is 13.8 Å². The van der Waals surface area contributed by atoms with Crippen LogP contribution in [0.4, 0.5) is 0 Å². The van der Waals surface area contributed by atoms with Gasteiger partial charge in [-0.2, -0.15) is 8.42 Å². The van der Waals surface area contributed by atoms with Gasteiger partial charge in [0.25, 0.3) is 10.1 Å². The predicted molar refractivity (Wildman–Crippen MR) is 70.9 cm³/mol. The molecule has 0 heterocycles. The van der Waals surface area contributed by atoms with Gasteiger partial charge in [0, 0.05) is 6.04 Å². The summed E-state index contributed by atoms with van der Waals surface area (Å²) in [5, 5.41) is 5.66. The number of hydrogen-bond donors (Lipinski definition) is 3. The zero-order valence-electron chi connectivity index (χ0n) is 11.1.